The Bertz CT molecular complexity index is 1030. The van der Waals surface area contributed by atoms with Gasteiger partial charge in [-0.3, -0.25) is 14.9 Å². The number of nitro groups is 1. The minimum atomic E-state index is -0.490. The molecule has 0 N–H and O–H groups in total. The molecule has 0 radical (unpaired) electrons. The molecule has 0 saturated carbocycles. The average Bonchev–Trinajstić information content (AvgIpc) is 3.26. The van der Waals surface area contributed by atoms with Crippen LogP contribution in [0.5, 0.6) is 0 Å². The van der Waals surface area contributed by atoms with E-state index in [1.807, 2.05) is 13.8 Å². The zero-order chi connectivity index (χ0) is 20.4. The van der Waals surface area contributed by atoms with Crippen molar-refractivity contribution in [2.45, 2.75) is 33.4 Å². The van der Waals surface area contributed by atoms with Crippen LogP contribution >= 0.6 is 22.9 Å². The average molecular weight is 421 g/mol. The second-order valence-electron chi connectivity index (χ2n) is 6.32. The van der Waals surface area contributed by atoms with Crippen molar-refractivity contribution >= 4 is 34.5 Å². The van der Waals surface area contributed by atoms with Crippen molar-refractivity contribution in [1.82, 2.24) is 15.1 Å². The maximum Gasteiger partial charge on any atom is 0.283 e. The van der Waals surface area contributed by atoms with E-state index in [4.69, 9.17) is 16.0 Å². The van der Waals surface area contributed by atoms with Gasteiger partial charge < -0.3 is 9.32 Å². The van der Waals surface area contributed by atoms with Crippen LogP contribution in [0.15, 0.2) is 34.7 Å². The predicted molar refractivity (Wildman–Crippen MR) is 105 cm³/mol. The van der Waals surface area contributed by atoms with Crippen LogP contribution < -0.4 is 0 Å². The van der Waals surface area contributed by atoms with E-state index in [1.54, 1.807) is 31.2 Å². The predicted octanol–water partition coefficient (Wildman–Crippen LogP) is 4.72. The fraction of sp³-hybridized carbons (Fsp3) is 0.278. The minimum absolute atomic E-state index is 0.0594. The largest absolute Gasteiger partial charge is 0.419 e. The van der Waals surface area contributed by atoms with Crippen molar-refractivity contribution < 1.29 is 14.1 Å². The molecule has 0 saturated heterocycles. The smallest absolute Gasteiger partial charge is 0.283 e. The van der Waals surface area contributed by atoms with E-state index in [1.165, 1.54) is 11.0 Å². The van der Waals surface area contributed by atoms with Crippen LogP contribution in [-0.2, 0) is 6.54 Å². The van der Waals surface area contributed by atoms with Crippen molar-refractivity contribution in [2.24, 2.45) is 0 Å². The van der Waals surface area contributed by atoms with Crippen molar-refractivity contribution in [2.75, 3.05) is 0 Å². The summed E-state index contributed by atoms with van der Waals surface area (Å²) in [5.74, 6) is 0.188. The monoisotopic (exact) mass is 420 g/mol. The maximum atomic E-state index is 12.9. The molecule has 0 spiro atoms. The van der Waals surface area contributed by atoms with Crippen molar-refractivity contribution in [3.63, 3.8) is 0 Å². The molecule has 0 aliphatic carbocycles. The molecule has 0 atom stereocenters. The second kappa shape index (κ2) is 8.07. The van der Waals surface area contributed by atoms with Crippen LogP contribution in [0.1, 0.15) is 34.3 Å². The van der Waals surface area contributed by atoms with Gasteiger partial charge in [-0.2, -0.15) is 0 Å². The van der Waals surface area contributed by atoms with Crippen molar-refractivity contribution in [1.29, 1.82) is 0 Å². The molecule has 2 aromatic heterocycles. The van der Waals surface area contributed by atoms with Gasteiger partial charge in [0.2, 0.25) is 11.8 Å². The molecule has 0 aliphatic heterocycles. The van der Waals surface area contributed by atoms with Crippen molar-refractivity contribution in [3.05, 3.63) is 61.1 Å². The maximum absolute atomic E-state index is 12.9. The molecule has 0 bridgehead atoms. The fourth-order valence-electron chi connectivity index (χ4n) is 2.60. The molecular formula is C18H17ClN4O4S. The number of benzene rings is 1. The molecule has 2 heterocycles. The Balaban J connectivity index is 1.84. The van der Waals surface area contributed by atoms with E-state index in [2.05, 4.69) is 10.2 Å². The highest BCUT2D eigenvalue weighted by Gasteiger charge is 2.26. The van der Waals surface area contributed by atoms with E-state index in [0.717, 1.165) is 11.3 Å². The first-order valence-electron chi connectivity index (χ1n) is 8.41. The van der Waals surface area contributed by atoms with Gasteiger partial charge >= 0.3 is 0 Å². The third-order valence-corrected chi connectivity index (χ3v) is 5.42. The summed E-state index contributed by atoms with van der Waals surface area (Å²) < 4.78 is 5.68. The lowest BCUT2D eigenvalue weighted by atomic mass is 10.2. The highest BCUT2D eigenvalue weighted by atomic mass is 35.5. The summed E-state index contributed by atoms with van der Waals surface area (Å²) in [5, 5.41) is 19.6. The SMILES string of the molecule is Cc1sc(C(=O)N(Cc2nnc(-c3ccccc3Cl)o2)C(C)C)cc1[N+](=O)[O-]. The number of nitrogens with zero attached hydrogens (tertiary/aromatic N) is 4. The third-order valence-electron chi connectivity index (χ3n) is 4.06. The molecule has 8 nitrogen and oxygen atoms in total. The highest BCUT2D eigenvalue weighted by molar-refractivity contribution is 7.14. The number of hydrogen-bond acceptors (Lipinski definition) is 7. The van der Waals surface area contributed by atoms with Crippen LogP contribution in [0.3, 0.4) is 0 Å². The quantitative estimate of drug-likeness (QED) is 0.422. The molecule has 28 heavy (non-hydrogen) atoms. The second-order valence-corrected chi connectivity index (χ2v) is 7.98. The Morgan fingerprint density at radius 2 is 2.07 bits per heavy atom. The summed E-state index contributed by atoms with van der Waals surface area (Å²) in [7, 11) is 0. The van der Waals surface area contributed by atoms with Crippen molar-refractivity contribution in [3.8, 4) is 11.5 Å². The number of amides is 1. The summed E-state index contributed by atoms with van der Waals surface area (Å²) in [5.41, 5.74) is 0.547. The number of carbonyl (C=O) groups excluding carboxylic acids is 1. The number of aromatic nitrogens is 2. The first-order chi connectivity index (χ1) is 13.3. The molecular weight excluding hydrogens is 404 g/mol. The van der Waals surface area contributed by atoms with Gasteiger partial charge in [0.1, 0.15) is 0 Å². The van der Waals surface area contributed by atoms with Gasteiger partial charge in [0, 0.05) is 12.1 Å². The first kappa shape index (κ1) is 20.0. The lowest BCUT2D eigenvalue weighted by Crippen LogP contribution is -2.36. The molecule has 1 aromatic carbocycles. The zero-order valence-corrected chi connectivity index (χ0v) is 17.0. The lowest BCUT2D eigenvalue weighted by Gasteiger charge is -2.24. The van der Waals surface area contributed by atoms with Crippen LogP contribution in [0.25, 0.3) is 11.5 Å². The Morgan fingerprint density at radius 1 is 1.36 bits per heavy atom. The molecule has 0 fully saturated rings. The van der Waals surface area contributed by atoms with E-state index >= 15 is 0 Å². The van der Waals surface area contributed by atoms with Gasteiger partial charge in [-0.15, -0.1) is 21.5 Å². The van der Waals surface area contributed by atoms with Gasteiger partial charge in [0.25, 0.3) is 11.6 Å². The summed E-state index contributed by atoms with van der Waals surface area (Å²) in [6.07, 6.45) is 0. The zero-order valence-electron chi connectivity index (χ0n) is 15.4. The number of rotatable bonds is 6. The molecule has 10 heteroatoms. The van der Waals surface area contributed by atoms with Gasteiger partial charge in [0.05, 0.1) is 31.8 Å². The Hall–Kier alpha value is -2.78. The number of hydrogen-bond donors (Lipinski definition) is 0. The molecule has 3 aromatic rings. The molecule has 146 valence electrons. The third kappa shape index (κ3) is 4.05. The standard InChI is InChI=1S/C18H17ClN4O4S/c1-10(2)22(18(24)15-8-14(23(25)26)11(3)28-15)9-16-20-21-17(27-16)12-6-4-5-7-13(12)19/h4-8,10H,9H2,1-3H3. The Labute approximate surface area is 169 Å². The fourth-order valence-corrected chi connectivity index (χ4v) is 3.76. The van der Waals surface area contributed by atoms with E-state index in [-0.39, 0.29) is 36.0 Å². The van der Waals surface area contributed by atoms with Crippen LogP contribution in [0, 0.1) is 17.0 Å². The number of aryl methyl sites for hydroxylation is 1. The summed E-state index contributed by atoms with van der Waals surface area (Å²) >= 11 is 7.25. The normalized spacial score (nSPS) is 11.0. The minimum Gasteiger partial charge on any atom is -0.419 e. The van der Waals surface area contributed by atoms with Crippen LogP contribution in [0.2, 0.25) is 5.02 Å². The molecule has 0 aliphatic rings. The summed E-state index contributed by atoms with van der Waals surface area (Å²) in [6.45, 7) is 5.39. The first-order valence-corrected chi connectivity index (χ1v) is 9.60. The van der Waals surface area contributed by atoms with Gasteiger partial charge in [-0.1, -0.05) is 23.7 Å². The van der Waals surface area contributed by atoms with Gasteiger partial charge in [-0.25, -0.2) is 0 Å². The molecule has 0 unspecified atom stereocenters. The lowest BCUT2D eigenvalue weighted by molar-refractivity contribution is -0.385. The summed E-state index contributed by atoms with van der Waals surface area (Å²) in [6, 6.07) is 8.21. The van der Waals surface area contributed by atoms with Gasteiger partial charge in [0.15, 0.2) is 0 Å². The van der Waals surface area contributed by atoms with Crippen LogP contribution in [0.4, 0.5) is 5.69 Å². The highest BCUT2D eigenvalue weighted by Crippen LogP contribution is 2.30. The Morgan fingerprint density at radius 3 is 2.68 bits per heavy atom. The topological polar surface area (TPSA) is 102 Å². The van der Waals surface area contributed by atoms with Crippen LogP contribution in [-0.4, -0.2) is 32.0 Å². The van der Waals surface area contributed by atoms with E-state index < -0.39 is 4.92 Å². The number of carbonyl (C=O) groups is 1. The van der Waals surface area contributed by atoms with Gasteiger partial charge in [-0.05, 0) is 32.9 Å². The van der Waals surface area contributed by atoms with E-state index in [0.29, 0.717) is 20.3 Å². The Kier molecular flexibility index (Phi) is 5.76. The molecule has 3 rings (SSSR count). The number of halogens is 1. The van der Waals surface area contributed by atoms with E-state index in [9.17, 15) is 14.9 Å². The summed E-state index contributed by atoms with van der Waals surface area (Å²) in [4.78, 5) is 25.8. The number of thiophene rings is 1. The molecule has 1 amide bonds.